The number of benzene rings is 1. The summed E-state index contributed by atoms with van der Waals surface area (Å²) in [6.07, 6.45) is 1.03. The van der Waals surface area contributed by atoms with Gasteiger partial charge in [0.15, 0.2) is 0 Å². The maximum atomic E-state index is 10.4. The highest BCUT2D eigenvalue weighted by atomic mass is 32.1. The molecular weight excluding hydrogens is 320 g/mol. The fourth-order valence-electron chi connectivity index (χ4n) is 3.15. The van der Waals surface area contributed by atoms with Gasteiger partial charge in [0, 0.05) is 13.0 Å². The molecular formula is C18H25N4OS+. The fraction of sp³-hybridized carbons (Fsp3) is 0.444. The standard InChI is InChI=1S/C18H24N4OS/c1-3-21(4-2)10-7-11-22-12-14(23)16(17(22)19)18-20-13-8-5-6-9-15(13)24-18/h5-6,8-9,19,23H,3-4,7,10-12H2,1-2H3/p+1. The molecule has 5 nitrogen and oxygen atoms in total. The largest absolute Gasteiger partial charge is 0.510 e. The van der Waals surface area contributed by atoms with Crippen LogP contribution in [0.2, 0.25) is 0 Å². The van der Waals surface area contributed by atoms with Crippen LogP contribution < -0.4 is 4.90 Å². The maximum absolute atomic E-state index is 10.4. The Morgan fingerprint density at radius 1 is 1.29 bits per heavy atom. The molecule has 1 aromatic heterocycles. The monoisotopic (exact) mass is 345 g/mol. The molecule has 0 bridgehead atoms. The van der Waals surface area contributed by atoms with Crippen LogP contribution in [-0.2, 0) is 0 Å². The lowest BCUT2D eigenvalue weighted by atomic mass is 10.2. The Kier molecular flexibility index (Phi) is 5.16. The number of nitrogens with zero attached hydrogens (tertiary/aromatic N) is 2. The predicted octanol–water partition coefficient (Wildman–Crippen LogP) is 2.17. The summed E-state index contributed by atoms with van der Waals surface area (Å²) in [6.45, 7) is 9.01. The quantitative estimate of drug-likeness (QED) is 0.721. The molecule has 0 fully saturated rings. The normalized spacial score (nSPS) is 15.3. The van der Waals surface area contributed by atoms with Gasteiger partial charge in [0.1, 0.15) is 16.6 Å². The summed E-state index contributed by atoms with van der Waals surface area (Å²) >= 11 is 1.54. The van der Waals surface area contributed by atoms with E-state index in [9.17, 15) is 5.11 Å². The second kappa shape index (κ2) is 7.32. The molecule has 2 aromatic rings. The minimum Gasteiger partial charge on any atom is -0.510 e. The van der Waals surface area contributed by atoms with Gasteiger partial charge in [-0.2, -0.15) is 0 Å². The average molecular weight is 345 g/mol. The number of fused-ring (bicyclic) bond motifs is 1. The van der Waals surface area contributed by atoms with Crippen molar-refractivity contribution in [2.75, 3.05) is 32.7 Å². The van der Waals surface area contributed by atoms with Crippen molar-refractivity contribution in [2.24, 2.45) is 0 Å². The van der Waals surface area contributed by atoms with Gasteiger partial charge in [-0.25, -0.2) is 4.98 Å². The lowest BCUT2D eigenvalue weighted by Gasteiger charge is -2.20. The zero-order valence-corrected chi connectivity index (χ0v) is 15.1. The van der Waals surface area contributed by atoms with Crippen molar-refractivity contribution < 1.29 is 10.0 Å². The van der Waals surface area contributed by atoms with Gasteiger partial charge in [-0.05, 0) is 26.0 Å². The van der Waals surface area contributed by atoms with E-state index in [4.69, 9.17) is 5.41 Å². The van der Waals surface area contributed by atoms with E-state index >= 15 is 0 Å². The molecule has 24 heavy (non-hydrogen) atoms. The van der Waals surface area contributed by atoms with Crippen molar-refractivity contribution in [1.29, 1.82) is 5.41 Å². The smallest absolute Gasteiger partial charge is 0.135 e. The third kappa shape index (κ3) is 3.30. The molecule has 0 amide bonds. The molecule has 1 aliphatic heterocycles. The Labute approximate surface area is 146 Å². The molecule has 0 unspecified atom stereocenters. The van der Waals surface area contributed by atoms with Crippen LogP contribution in [0.3, 0.4) is 0 Å². The number of thiazole rings is 1. The lowest BCUT2D eigenvalue weighted by molar-refractivity contribution is -0.896. The van der Waals surface area contributed by atoms with E-state index in [1.165, 1.54) is 11.3 Å². The number of aromatic nitrogens is 1. The van der Waals surface area contributed by atoms with Crippen LogP contribution in [0, 0.1) is 5.41 Å². The second-order valence-electron chi connectivity index (χ2n) is 6.14. The van der Waals surface area contributed by atoms with Crippen LogP contribution in [0.1, 0.15) is 25.3 Å². The number of rotatable bonds is 7. The number of amidine groups is 1. The summed E-state index contributed by atoms with van der Waals surface area (Å²) in [6, 6.07) is 7.94. The first-order valence-electron chi connectivity index (χ1n) is 8.59. The minimum atomic E-state index is 0.272. The van der Waals surface area contributed by atoms with Crippen LogP contribution >= 0.6 is 11.3 Å². The highest BCUT2D eigenvalue weighted by Gasteiger charge is 2.30. The predicted molar refractivity (Wildman–Crippen MR) is 100.0 cm³/mol. The van der Waals surface area contributed by atoms with E-state index in [1.54, 1.807) is 4.90 Å². The molecule has 1 aliphatic rings. The fourth-order valence-corrected chi connectivity index (χ4v) is 4.19. The number of aliphatic hydroxyl groups is 1. The topological polar surface area (TPSA) is 64.7 Å². The number of para-hydroxylation sites is 1. The first-order chi connectivity index (χ1) is 11.6. The second-order valence-corrected chi connectivity index (χ2v) is 7.17. The number of quaternary nitrogens is 1. The first kappa shape index (κ1) is 16.9. The maximum Gasteiger partial charge on any atom is 0.135 e. The van der Waals surface area contributed by atoms with E-state index in [-0.39, 0.29) is 5.76 Å². The van der Waals surface area contributed by atoms with Gasteiger partial charge in [0.05, 0.1) is 42.0 Å². The van der Waals surface area contributed by atoms with Gasteiger partial charge < -0.3 is 14.9 Å². The van der Waals surface area contributed by atoms with Crippen molar-refractivity contribution in [3.8, 4) is 0 Å². The number of aliphatic hydroxyl groups excluding tert-OH is 1. The Hall–Kier alpha value is -1.92. The Balaban J connectivity index is 1.69. The van der Waals surface area contributed by atoms with Gasteiger partial charge in [-0.3, -0.25) is 5.41 Å². The van der Waals surface area contributed by atoms with Crippen LogP contribution in [0.15, 0.2) is 30.0 Å². The molecule has 0 radical (unpaired) electrons. The zero-order chi connectivity index (χ0) is 17.1. The van der Waals surface area contributed by atoms with Crippen molar-refractivity contribution >= 4 is 33.0 Å². The van der Waals surface area contributed by atoms with Crippen molar-refractivity contribution in [2.45, 2.75) is 20.3 Å². The summed E-state index contributed by atoms with van der Waals surface area (Å²) in [7, 11) is 0. The third-order valence-electron chi connectivity index (χ3n) is 4.65. The minimum absolute atomic E-state index is 0.272. The molecule has 0 saturated carbocycles. The van der Waals surface area contributed by atoms with Gasteiger partial charge in [-0.1, -0.05) is 12.1 Å². The van der Waals surface area contributed by atoms with Crippen molar-refractivity contribution in [1.82, 2.24) is 9.88 Å². The van der Waals surface area contributed by atoms with E-state index in [1.807, 2.05) is 29.2 Å². The summed E-state index contributed by atoms with van der Waals surface area (Å²) in [5, 5.41) is 19.6. The molecule has 6 heteroatoms. The lowest BCUT2D eigenvalue weighted by Crippen LogP contribution is -3.11. The number of nitrogens with one attached hydrogen (secondary N) is 2. The van der Waals surface area contributed by atoms with Crippen molar-refractivity contribution in [3.63, 3.8) is 0 Å². The summed E-state index contributed by atoms with van der Waals surface area (Å²) in [5.41, 5.74) is 1.53. The van der Waals surface area contributed by atoms with Crippen molar-refractivity contribution in [3.05, 3.63) is 35.0 Å². The van der Waals surface area contributed by atoms with Gasteiger partial charge in [0.25, 0.3) is 0 Å². The number of hydrogen-bond acceptors (Lipinski definition) is 4. The van der Waals surface area contributed by atoms with Gasteiger partial charge in [0.2, 0.25) is 0 Å². The van der Waals surface area contributed by atoms with E-state index < -0.39 is 0 Å². The molecule has 0 spiro atoms. The Bertz CT molecular complexity index is 730. The zero-order valence-electron chi connectivity index (χ0n) is 14.3. The Morgan fingerprint density at radius 3 is 2.75 bits per heavy atom. The molecule has 0 aliphatic carbocycles. The molecule has 3 rings (SSSR count). The highest BCUT2D eigenvalue weighted by molar-refractivity contribution is 7.19. The van der Waals surface area contributed by atoms with E-state index in [0.717, 1.165) is 47.8 Å². The highest BCUT2D eigenvalue weighted by Crippen LogP contribution is 2.32. The summed E-state index contributed by atoms with van der Waals surface area (Å²) in [5.74, 6) is 0.676. The molecule has 2 heterocycles. The molecule has 0 saturated heterocycles. The molecule has 1 aromatic carbocycles. The SMILES string of the molecule is CC[NH+](CC)CCCN1CC(O)=C(c2nc3ccccc3s2)C1=N. The molecule has 128 valence electrons. The summed E-state index contributed by atoms with van der Waals surface area (Å²) < 4.78 is 1.09. The van der Waals surface area contributed by atoms with Crippen LogP contribution in [0.5, 0.6) is 0 Å². The van der Waals surface area contributed by atoms with E-state index in [2.05, 4.69) is 18.8 Å². The molecule has 3 N–H and O–H groups in total. The first-order valence-corrected chi connectivity index (χ1v) is 9.41. The van der Waals surface area contributed by atoms with Gasteiger partial charge >= 0.3 is 0 Å². The average Bonchev–Trinajstić information content (AvgIpc) is 3.12. The van der Waals surface area contributed by atoms with Gasteiger partial charge in [-0.15, -0.1) is 11.3 Å². The Morgan fingerprint density at radius 2 is 2.04 bits per heavy atom. The third-order valence-corrected chi connectivity index (χ3v) is 5.70. The molecule has 0 atom stereocenters. The van der Waals surface area contributed by atoms with Crippen LogP contribution in [-0.4, -0.2) is 53.5 Å². The van der Waals surface area contributed by atoms with E-state index in [0.29, 0.717) is 18.0 Å². The number of hydrogen-bond donors (Lipinski definition) is 3. The van der Waals surface area contributed by atoms with Crippen LogP contribution in [0.4, 0.5) is 0 Å². The summed E-state index contributed by atoms with van der Waals surface area (Å²) in [4.78, 5) is 8.13. The van der Waals surface area contributed by atoms with Crippen LogP contribution in [0.25, 0.3) is 15.8 Å².